The maximum Gasteiger partial charge on any atom is 0.317 e. The van der Waals surface area contributed by atoms with Crippen LogP contribution in [0.5, 0.6) is 0 Å². The van der Waals surface area contributed by atoms with Crippen LogP contribution in [-0.2, 0) is 0 Å². The maximum atomic E-state index is 11.1. The van der Waals surface area contributed by atoms with Crippen molar-refractivity contribution in [1.29, 1.82) is 0 Å². The Morgan fingerprint density at radius 3 is 2.86 bits per heavy atom. The molecule has 0 aromatic rings. The first-order chi connectivity index (χ1) is 6.49. The predicted molar refractivity (Wildman–Crippen MR) is 54.1 cm³/mol. The van der Waals surface area contributed by atoms with Crippen LogP contribution in [0.1, 0.15) is 13.8 Å². The highest BCUT2D eigenvalue weighted by molar-refractivity contribution is 5.76. The van der Waals surface area contributed by atoms with Gasteiger partial charge >= 0.3 is 6.03 Å². The largest absolute Gasteiger partial charge is 0.389 e. The molecule has 0 aliphatic carbocycles. The van der Waals surface area contributed by atoms with Crippen LogP contribution in [0.15, 0.2) is 0 Å². The fourth-order valence-corrected chi connectivity index (χ4v) is 1.33. The molecular formula is C9H19N3O2. The lowest BCUT2D eigenvalue weighted by Crippen LogP contribution is -2.40. The van der Waals surface area contributed by atoms with E-state index >= 15 is 0 Å². The Bertz CT molecular complexity index is 201. The van der Waals surface area contributed by atoms with E-state index in [0.29, 0.717) is 13.1 Å². The number of urea groups is 1. The van der Waals surface area contributed by atoms with Crippen molar-refractivity contribution in [2.45, 2.75) is 19.4 Å². The first-order valence-corrected chi connectivity index (χ1v) is 4.95. The Hall–Kier alpha value is -0.810. The van der Waals surface area contributed by atoms with E-state index in [4.69, 9.17) is 0 Å². The number of carbonyl (C=O) groups excluding carboxylic acids is 1. The normalized spacial score (nSPS) is 17.4. The summed E-state index contributed by atoms with van der Waals surface area (Å²) in [5.41, 5.74) is -0.687. The van der Waals surface area contributed by atoms with Crippen molar-refractivity contribution in [2.24, 2.45) is 0 Å². The van der Waals surface area contributed by atoms with E-state index in [-0.39, 0.29) is 6.03 Å². The Balaban J connectivity index is 2.07. The number of rotatable bonds is 5. The van der Waals surface area contributed by atoms with Gasteiger partial charge in [-0.05, 0) is 13.8 Å². The van der Waals surface area contributed by atoms with Crippen molar-refractivity contribution in [1.82, 2.24) is 15.5 Å². The minimum absolute atomic E-state index is 0.00931. The van der Waals surface area contributed by atoms with Crippen LogP contribution in [-0.4, -0.2) is 54.4 Å². The third-order valence-corrected chi connectivity index (χ3v) is 2.06. The molecule has 0 unspecified atom stereocenters. The summed E-state index contributed by atoms with van der Waals surface area (Å²) in [6.07, 6.45) is 0. The third-order valence-electron chi connectivity index (χ3n) is 2.06. The van der Waals surface area contributed by atoms with Gasteiger partial charge in [0.1, 0.15) is 0 Å². The van der Waals surface area contributed by atoms with E-state index in [0.717, 1.165) is 19.6 Å². The Kier molecular flexibility index (Phi) is 3.71. The maximum absolute atomic E-state index is 11.1. The van der Waals surface area contributed by atoms with Crippen molar-refractivity contribution >= 4 is 6.03 Å². The predicted octanol–water partition coefficient (Wildman–Crippen LogP) is -0.628. The summed E-state index contributed by atoms with van der Waals surface area (Å²) in [6, 6.07) is 0.00931. The fraction of sp³-hybridized carbons (Fsp3) is 0.889. The zero-order valence-electron chi connectivity index (χ0n) is 8.84. The SMILES string of the molecule is CC(C)(O)CNCCN1CCNC1=O. The summed E-state index contributed by atoms with van der Waals surface area (Å²) in [5.74, 6) is 0. The summed E-state index contributed by atoms with van der Waals surface area (Å²) in [5, 5.41) is 15.2. The smallest absolute Gasteiger partial charge is 0.317 e. The monoisotopic (exact) mass is 201 g/mol. The van der Waals surface area contributed by atoms with Gasteiger partial charge in [-0.25, -0.2) is 4.79 Å². The molecule has 1 heterocycles. The topological polar surface area (TPSA) is 64.6 Å². The molecule has 0 atom stereocenters. The summed E-state index contributed by atoms with van der Waals surface area (Å²) in [7, 11) is 0. The van der Waals surface area contributed by atoms with Gasteiger partial charge in [-0.1, -0.05) is 0 Å². The lowest BCUT2D eigenvalue weighted by molar-refractivity contribution is 0.0796. The molecule has 82 valence electrons. The molecule has 3 N–H and O–H groups in total. The molecule has 1 rings (SSSR count). The molecule has 0 radical (unpaired) electrons. The minimum Gasteiger partial charge on any atom is -0.389 e. The molecule has 0 aromatic carbocycles. The molecule has 5 nitrogen and oxygen atoms in total. The molecule has 1 aliphatic rings. The third kappa shape index (κ3) is 3.93. The Labute approximate surface area is 84.5 Å². The quantitative estimate of drug-likeness (QED) is 0.519. The Morgan fingerprint density at radius 1 is 1.64 bits per heavy atom. The van der Waals surface area contributed by atoms with E-state index in [2.05, 4.69) is 10.6 Å². The number of nitrogens with zero attached hydrogens (tertiary/aromatic N) is 1. The molecule has 0 saturated carbocycles. The molecular weight excluding hydrogens is 182 g/mol. The van der Waals surface area contributed by atoms with Crippen LogP contribution in [0.25, 0.3) is 0 Å². The van der Waals surface area contributed by atoms with E-state index in [1.807, 2.05) is 0 Å². The molecule has 0 spiro atoms. The van der Waals surface area contributed by atoms with Gasteiger partial charge in [0.25, 0.3) is 0 Å². The van der Waals surface area contributed by atoms with Gasteiger partial charge in [0.15, 0.2) is 0 Å². The second-order valence-electron chi connectivity index (χ2n) is 4.21. The second-order valence-corrected chi connectivity index (χ2v) is 4.21. The van der Waals surface area contributed by atoms with Gasteiger partial charge < -0.3 is 20.6 Å². The van der Waals surface area contributed by atoms with E-state index in [1.165, 1.54) is 0 Å². The number of hydrogen-bond acceptors (Lipinski definition) is 3. The van der Waals surface area contributed by atoms with Gasteiger partial charge in [0.05, 0.1) is 5.60 Å². The van der Waals surface area contributed by atoms with Crippen molar-refractivity contribution in [3.8, 4) is 0 Å². The number of hydrogen-bond donors (Lipinski definition) is 3. The highest BCUT2D eigenvalue weighted by Gasteiger charge is 2.18. The Morgan fingerprint density at radius 2 is 2.36 bits per heavy atom. The molecule has 0 bridgehead atoms. The zero-order chi connectivity index (χ0) is 10.6. The lowest BCUT2D eigenvalue weighted by atomic mass is 10.1. The highest BCUT2D eigenvalue weighted by Crippen LogP contribution is 1.98. The average molecular weight is 201 g/mol. The summed E-state index contributed by atoms with van der Waals surface area (Å²) in [4.78, 5) is 12.9. The summed E-state index contributed by atoms with van der Waals surface area (Å²) < 4.78 is 0. The zero-order valence-corrected chi connectivity index (χ0v) is 8.84. The van der Waals surface area contributed by atoms with Gasteiger partial charge in [-0.3, -0.25) is 0 Å². The van der Waals surface area contributed by atoms with E-state index in [1.54, 1.807) is 18.7 Å². The first-order valence-electron chi connectivity index (χ1n) is 4.95. The van der Waals surface area contributed by atoms with Crippen LogP contribution in [0.4, 0.5) is 4.79 Å². The molecule has 0 aromatic heterocycles. The number of nitrogens with one attached hydrogen (secondary N) is 2. The van der Waals surface area contributed by atoms with Gasteiger partial charge in [0.2, 0.25) is 0 Å². The molecule has 1 fully saturated rings. The highest BCUT2D eigenvalue weighted by atomic mass is 16.3. The van der Waals surface area contributed by atoms with E-state index < -0.39 is 5.60 Å². The van der Waals surface area contributed by atoms with Crippen LogP contribution >= 0.6 is 0 Å². The van der Waals surface area contributed by atoms with Crippen molar-refractivity contribution < 1.29 is 9.90 Å². The van der Waals surface area contributed by atoms with Crippen LogP contribution < -0.4 is 10.6 Å². The fourth-order valence-electron chi connectivity index (χ4n) is 1.33. The second kappa shape index (κ2) is 4.61. The standard InChI is InChI=1S/C9H19N3O2/c1-9(2,14)7-10-3-5-12-6-4-11-8(12)13/h10,14H,3-7H2,1-2H3,(H,11,13). The number of carbonyl (C=O) groups is 1. The van der Waals surface area contributed by atoms with Crippen molar-refractivity contribution in [3.63, 3.8) is 0 Å². The van der Waals surface area contributed by atoms with Crippen LogP contribution in [0.2, 0.25) is 0 Å². The molecule has 1 saturated heterocycles. The summed E-state index contributed by atoms with van der Waals surface area (Å²) in [6.45, 7) is 6.99. The lowest BCUT2D eigenvalue weighted by Gasteiger charge is -2.19. The average Bonchev–Trinajstić information content (AvgIpc) is 2.44. The van der Waals surface area contributed by atoms with Crippen molar-refractivity contribution in [2.75, 3.05) is 32.7 Å². The van der Waals surface area contributed by atoms with E-state index in [9.17, 15) is 9.90 Å². The van der Waals surface area contributed by atoms with Crippen LogP contribution in [0.3, 0.4) is 0 Å². The van der Waals surface area contributed by atoms with Gasteiger partial charge in [-0.15, -0.1) is 0 Å². The molecule has 5 heteroatoms. The van der Waals surface area contributed by atoms with Crippen LogP contribution in [0, 0.1) is 0 Å². The number of aliphatic hydroxyl groups is 1. The minimum atomic E-state index is -0.687. The van der Waals surface area contributed by atoms with Crippen molar-refractivity contribution in [3.05, 3.63) is 0 Å². The first kappa shape index (κ1) is 11.3. The number of amides is 2. The summed E-state index contributed by atoms with van der Waals surface area (Å²) >= 11 is 0. The van der Waals surface area contributed by atoms with Gasteiger partial charge in [0, 0.05) is 32.7 Å². The molecule has 14 heavy (non-hydrogen) atoms. The molecule has 2 amide bonds. The van der Waals surface area contributed by atoms with Gasteiger partial charge in [-0.2, -0.15) is 0 Å². The molecule has 1 aliphatic heterocycles.